The second-order valence-corrected chi connectivity index (χ2v) is 9.39. The highest BCUT2D eigenvalue weighted by atomic mass is 32.2. The van der Waals surface area contributed by atoms with E-state index in [0.717, 1.165) is 18.4 Å². The molecule has 1 fully saturated rings. The molecule has 1 aromatic rings. The Morgan fingerprint density at radius 3 is 2.23 bits per heavy atom. The number of carbonyl (C=O) groups excluding carboxylic acids is 2. The van der Waals surface area contributed by atoms with Crippen LogP contribution in [0.3, 0.4) is 0 Å². The summed E-state index contributed by atoms with van der Waals surface area (Å²) in [7, 11) is -3.83. The molecule has 0 saturated heterocycles. The zero-order valence-corrected chi connectivity index (χ0v) is 16.4. The predicted octanol–water partition coefficient (Wildman–Crippen LogP) is 1.05. The molecule has 1 atom stereocenters. The standard InChI is InChI=1S/C18H27N3O4S/c1-12(17(23)19-11-16(22)20-14-7-8-14)21-26(24,25)15-9-5-13(6-10-15)18(2,3)4/h5-6,9-10,12,14,21H,7-8,11H2,1-4H3,(H,19,23)(H,20,22)/t12-/m0/s1. The third kappa shape index (κ3) is 5.81. The zero-order chi connectivity index (χ0) is 19.5. The topological polar surface area (TPSA) is 104 Å². The van der Waals surface area contributed by atoms with Crippen molar-refractivity contribution >= 4 is 21.8 Å². The number of sulfonamides is 1. The quantitative estimate of drug-likeness (QED) is 0.656. The van der Waals surface area contributed by atoms with E-state index in [-0.39, 0.29) is 28.8 Å². The fourth-order valence-corrected chi connectivity index (χ4v) is 3.52. The molecule has 0 unspecified atom stereocenters. The Kier molecular flexibility index (Phi) is 6.08. The minimum absolute atomic E-state index is 0.0794. The molecule has 144 valence electrons. The molecule has 1 aromatic carbocycles. The summed E-state index contributed by atoms with van der Waals surface area (Å²) in [5.41, 5.74) is 0.938. The smallest absolute Gasteiger partial charge is 0.241 e. The Bertz CT molecular complexity index is 763. The molecule has 2 rings (SSSR count). The van der Waals surface area contributed by atoms with Crippen molar-refractivity contribution in [2.24, 2.45) is 0 Å². The van der Waals surface area contributed by atoms with Gasteiger partial charge in [0.05, 0.1) is 17.5 Å². The van der Waals surface area contributed by atoms with Gasteiger partial charge in [0.2, 0.25) is 21.8 Å². The summed E-state index contributed by atoms with van der Waals surface area (Å²) < 4.78 is 27.2. The fraction of sp³-hybridized carbons (Fsp3) is 0.556. The Morgan fingerprint density at radius 2 is 1.73 bits per heavy atom. The van der Waals surface area contributed by atoms with E-state index in [4.69, 9.17) is 0 Å². The first-order chi connectivity index (χ1) is 12.0. The van der Waals surface area contributed by atoms with Crippen molar-refractivity contribution in [2.75, 3.05) is 6.54 Å². The van der Waals surface area contributed by atoms with Crippen LogP contribution in [0.25, 0.3) is 0 Å². The molecule has 26 heavy (non-hydrogen) atoms. The van der Waals surface area contributed by atoms with Gasteiger partial charge in [-0.2, -0.15) is 4.72 Å². The highest BCUT2D eigenvalue weighted by Crippen LogP contribution is 2.23. The van der Waals surface area contributed by atoms with Crippen LogP contribution >= 0.6 is 0 Å². The van der Waals surface area contributed by atoms with E-state index in [1.54, 1.807) is 12.1 Å². The zero-order valence-electron chi connectivity index (χ0n) is 15.6. The minimum atomic E-state index is -3.83. The number of hydrogen-bond donors (Lipinski definition) is 3. The molecule has 0 radical (unpaired) electrons. The molecule has 2 amide bonds. The van der Waals surface area contributed by atoms with Crippen molar-refractivity contribution in [3.63, 3.8) is 0 Å². The van der Waals surface area contributed by atoms with Crippen molar-refractivity contribution in [1.29, 1.82) is 0 Å². The second kappa shape index (κ2) is 7.75. The van der Waals surface area contributed by atoms with Crippen LogP contribution < -0.4 is 15.4 Å². The van der Waals surface area contributed by atoms with Crippen LogP contribution in [0.5, 0.6) is 0 Å². The van der Waals surface area contributed by atoms with Crippen LogP contribution in [0.15, 0.2) is 29.2 Å². The van der Waals surface area contributed by atoms with Crippen molar-refractivity contribution in [2.45, 2.75) is 62.9 Å². The highest BCUT2D eigenvalue weighted by Gasteiger charge is 2.25. The van der Waals surface area contributed by atoms with Gasteiger partial charge in [-0.05, 0) is 42.9 Å². The average molecular weight is 381 g/mol. The minimum Gasteiger partial charge on any atom is -0.352 e. The van der Waals surface area contributed by atoms with Crippen molar-refractivity contribution in [3.05, 3.63) is 29.8 Å². The van der Waals surface area contributed by atoms with E-state index in [0.29, 0.717) is 0 Å². The summed E-state index contributed by atoms with van der Waals surface area (Å²) in [5.74, 6) is -0.820. The van der Waals surface area contributed by atoms with E-state index in [1.807, 2.05) is 20.8 Å². The molecule has 1 aliphatic carbocycles. The van der Waals surface area contributed by atoms with E-state index in [2.05, 4.69) is 15.4 Å². The lowest BCUT2D eigenvalue weighted by atomic mass is 9.87. The molecule has 0 heterocycles. The van der Waals surface area contributed by atoms with Crippen LogP contribution in [-0.4, -0.2) is 38.9 Å². The van der Waals surface area contributed by atoms with Gasteiger partial charge in [0.15, 0.2) is 0 Å². The molecule has 0 bridgehead atoms. The summed E-state index contributed by atoms with van der Waals surface area (Å²) in [6.07, 6.45) is 1.92. The maximum atomic E-state index is 12.4. The molecule has 3 N–H and O–H groups in total. The molecule has 0 aromatic heterocycles. The summed E-state index contributed by atoms with van der Waals surface area (Å²) in [4.78, 5) is 23.7. The number of nitrogens with one attached hydrogen (secondary N) is 3. The van der Waals surface area contributed by atoms with Crippen LogP contribution in [-0.2, 0) is 25.0 Å². The van der Waals surface area contributed by atoms with Crippen molar-refractivity contribution in [1.82, 2.24) is 15.4 Å². The van der Waals surface area contributed by atoms with Gasteiger partial charge in [0.25, 0.3) is 0 Å². The van der Waals surface area contributed by atoms with Gasteiger partial charge in [0.1, 0.15) is 0 Å². The number of carbonyl (C=O) groups is 2. The third-order valence-electron chi connectivity index (χ3n) is 4.12. The maximum Gasteiger partial charge on any atom is 0.241 e. The molecular formula is C18H27N3O4S. The molecule has 0 aliphatic heterocycles. The fourth-order valence-electron chi connectivity index (χ4n) is 2.32. The Labute approximate surface area is 155 Å². The van der Waals surface area contributed by atoms with Gasteiger partial charge in [-0.1, -0.05) is 32.9 Å². The van der Waals surface area contributed by atoms with E-state index in [1.165, 1.54) is 19.1 Å². The molecule has 8 heteroatoms. The Hall–Kier alpha value is -1.93. The van der Waals surface area contributed by atoms with Gasteiger partial charge in [-0.15, -0.1) is 0 Å². The first kappa shape index (κ1) is 20.4. The van der Waals surface area contributed by atoms with Crippen LogP contribution in [0.2, 0.25) is 0 Å². The maximum absolute atomic E-state index is 12.4. The van der Waals surface area contributed by atoms with Crippen molar-refractivity contribution < 1.29 is 18.0 Å². The van der Waals surface area contributed by atoms with Crippen molar-refractivity contribution in [3.8, 4) is 0 Å². The van der Waals surface area contributed by atoms with E-state index >= 15 is 0 Å². The number of amides is 2. The largest absolute Gasteiger partial charge is 0.352 e. The summed E-state index contributed by atoms with van der Waals surface area (Å²) in [5, 5.41) is 5.19. The number of rotatable bonds is 7. The Morgan fingerprint density at radius 1 is 1.15 bits per heavy atom. The monoisotopic (exact) mass is 381 g/mol. The lowest BCUT2D eigenvalue weighted by molar-refractivity contribution is -0.126. The normalized spacial score (nSPS) is 16.0. The summed E-state index contributed by atoms with van der Waals surface area (Å²) in [6.45, 7) is 7.40. The van der Waals surface area contributed by atoms with Gasteiger partial charge >= 0.3 is 0 Å². The SMILES string of the molecule is C[C@H](NS(=O)(=O)c1ccc(C(C)(C)C)cc1)C(=O)NCC(=O)NC1CC1. The molecule has 1 saturated carbocycles. The van der Waals surface area contributed by atoms with Gasteiger partial charge < -0.3 is 10.6 Å². The summed E-state index contributed by atoms with van der Waals surface area (Å²) in [6, 6.07) is 5.80. The summed E-state index contributed by atoms with van der Waals surface area (Å²) >= 11 is 0. The molecule has 0 spiro atoms. The first-order valence-electron chi connectivity index (χ1n) is 8.69. The first-order valence-corrected chi connectivity index (χ1v) is 10.2. The Balaban J connectivity index is 1.92. The van der Waals surface area contributed by atoms with Gasteiger partial charge in [-0.25, -0.2) is 8.42 Å². The van der Waals surface area contributed by atoms with Crippen LogP contribution in [0.4, 0.5) is 0 Å². The van der Waals surface area contributed by atoms with Crippen LogP contribution in [0.1, 0.15) is 46.1 Å². The predicted molar refractivity (Wildman–Crippen MR) is 99.1 cm³/mol. The van der Waals surface area contributed by atoms with Crippen LogP contribution in [0, 0.1) is 0 Å². The molecular weight excluding hydrogens is 354 g/mol. The third-order valence-corrected chi connectivity index (χ3v) is 5.68. The molecule has 1 aliphatic rings. The lowest BCUT2D eigenvalue weighted by Crippen LogP contribution is -2.47. The number of hydrogen-bond acceptors (Lipinski definition) is 4. The average Bonchev–Trinajstić information content (AvgIpc) is 3.35. The van der Waals surface area contributed by atoms with Gasteiger partial charge in [-0.3, -0.25) is 9.59 Å². The molecule has 7 nitrogen and oxygen atoms in total. The number of benzene rings is 1. The van der Waals surface area contributed by atoms with Gasteiger partial charge in [0, 0.05) is 6.04 Å². The van der Waals surface area contributed by atoms with E-state index in [9.17, 15) is 18.0 Å². The second-order valence-electron chi connectivity index (χ2n) is 7.68. The van der Waals surface area contributed by atoms with E-state index < -0.39 is 22.0 Å². The lowest BCUT2D eigenvalue weighted by Gasteiger charge is -2.19. The highest BCUT2D eigenvalue weighted by molar-refractivity contribution is 7.89.